The molecule has 1 unspecified atom stereocenters. The van der Waals surface area contributed by atoms with E-state index in [1.807, 2.05) is 19.1 Å². The minimum absolute atomic E-state index is 0.586. The number of hydrogen-bond acceptors (Lipinski definition) is 3. The van der Waals surface area contributed by atoms with Crippen LogP contribution in [0.25, 0.3) is 0 Å². The van der Waals surface area contributed by atoms with E-state index in [0.29, 0.717) is 6.04 Å². The van der Waals surface area contributed by atoms with Crippen LogP contribution < -0.4 is 10.1 Å². The Hall–Kier alpha value is -1.06. The highest BCUT2D eigenvalue weighted by molar-refractivity contribution is 5.27. The molecule has 1 N–H and O–H groups in total. The Balaban J connectivity index is 2.32. The van der Waals surface area contributed by atoms with Gasteiger partial charge in [-0.25, -0.2) is 0 Å². The molecule has 0 heterocycles. The van der Waals surface area contributed by atoms with Crippen molar-refractivity contribution in [3.05, 3.63) is 29.8 Å². The van der Waals surface area contributed by atoms with E-state index in [1.165, 1.54) is 18.4 Å². The summed E-state index contributed by atoms with van der Waals surface area (Å²) in [6, 6.07) is 8.96. The Labute approximate surface area is 123 Å². The molecule has 1 aromatic carbocycles. The molecule has 3 heteroatoms. The largest absolute Gasteiger partial charge is 0.497 e. The molecule has 0 saturated heterocycles. The van der Waals surface area contributed by atoms with Crippen molar-refractivity contribution in [1.82, 2.24) is 5.32 Å². The Morgan fingerprint density at radius 2 is 1.85 bits per heavy atom. The summed E-state index contributed by atoms with van der Waals surface area (Å²) in [6.07, 6.45) is 4.60. The molecule has 0 fully saturated rings. The fourth-order valence-electron chi connectivity index (χ4n) is 2.35. The fraction of sp³-hybridized carbons (Fsp3) is 0.647. The van der Waals surface area contributed by atoms with E-state index < -0.39 is 0 Å². The molecule has 1 aromatic rings. The first-order valence-electron chi connectivity index (χ1n) is 7.74. The first kappa shape index (κ1) is 17.0. The maximum atomic E-state index is 5.41. The van der Waals surface area contributed by atoms with Crippen LogP contribution in [0.4, 0.5) is 0 Å². The zero-order valence-electron chi connectivity index (χ0n) is 13.2. The predicted molar refractivity (Wildman–Crippen MR) is 84.5 cm³/mol. The highest BCUT2D eigenvalue weighted by Crippen LogP contribution is 2.14. The average molecular weight is 279 g/mol. The van der Waals surface area contributed by atoms with Gasteiger partial charge in [0.15, 0.2) is 0 Å². The summed E-state index contributed by atoms with van der Waals surface area (Å²) in [6.45, 7) is 6.94. The van der Waals surface area contributed by atoms with Crippen molar-refractivity contribution < 1.29 is 9.47 Å². The summed E-state index contributed by atoms with van der Waals surface area (Å²) < 4.78 is 10.6. The molecule has 0 radical (unpaired) electrons. The maximum absolute atomic E-state index is 5.41. The van der Waals surface area contributed by atoms with Crippen molar-refractivity contribution in [2.24, 2.45) is 0 Å². The molecule has 0 spiro atoms. The number of hydrogen-bond donors (Lipinski definition) is 1. The van der Waals surface area contributed by atoms with Crippen LogP contribution in [0.3, 0.4) is 0 Å². The van der Waals surface area contributed by atoms with E-state index in [0.717, 1.165) is 38.3 Å². The van der Waals surface area contributed by atoms with Gasteiger partial charge in [-0.3, -0.25) is 0 Å². The second kappa shape index (κ2) is 10.7. The van der Waals surface area contributed by atoms with Gasteiger partial charge in [0.05, 0.1) is 7.11 Å². The number of nitrogens with one attached hydrogen (secondary N) is 1. The van der Waals surface area contributed by atoms with E-state index >= 15 is 0 Å². The molecule has 0 aliphatic heterocycles. The number of ether oxygens (including phenoxy) is 2. The van der Waals surface area contributed by atoms with Crippen molar-refractivity contribution in [2.45, 2.75) is 45.6 Å². The molecule has 0 saturated carbocycles. The standard InChI is InChI=1S/C17H29NO2/c1-4-18-16(7-6-14-20-5-2)11-8-15-9-12-17(19-3)13-10-15/h9-10,12-13,16,18H,4-8,11,14H2,1-3H3. The summed E-state index contributed by atoms with van der Waals surface area (Å²) in [5, 5.41) is 3.57. The van der Waals surface area contributed by atoms with Gasteiger partial charge >= 0.3 is 0 Å². The van der Waals surface area contributed by atoms with E-state index in [2.05, 4.69) is 24.4 Å². The minimum atomic E-state index is 0.586. The van der Waals surface area contributed by atoms with Gasteiger partial charge in [-0.1, -0.05) is 19.1 Å². The summed E-state index contributed by atoms with van der Waals surface area (Å²) in [5.74, 6) is 0.925. The van der Waals surface area contributed by atoms with Crippen molar-refractivity contribution in [3.8, 4) is 5.75 Å². The number of benzene rings is 1. The lowest BCUT2D eigenvalue weighted by Gasteiger charge is -2.18. The molecule has 0 amide bonds. The lowest BCUT2D eigenvalue weighted by Crippen LogP contribution is -2.29. The number of aryl methyl sites for hydroxylation is 1. The molecular formula is C17H29NO2. The van der Waals surface area contributed by atoms with Crippen LogP contribution >= 0.6 is 0 Å². The van der Waals surface area contributed by atoms with Gasteiger partial charge in [-0.05, 0) is 56.8 Å². The van der Waals surface area contributed by atoms with Gasteiger partial charge in [0.1, 0.15) is 5.75 Å². The first-order valence-corrected chi connectivity index (χ1v) is 7.74. The van der Waals surface area contributed by atoms with E-state index in [4.69, 9.17) is 9.47 Å². The van der Waals surface area contributed by atoms with E-state index in [9.17, 15) is 0 Å². The third-order valence-corrected chi connectivity index (χ3v) is 3.48. The molecule has 0 bridgehead atoms. The van der Waals surface area contributed by atoms with Gasteiger partial charge in [0, 0.05) is 19.3 Å². The van der Waals surface area contributed by atoms with Crippen LogP contribution in [0.2, 0.25) is 0 Å². The quantitative estimate of drug-likeness (QED) is 0.630. The molecule has 3 nitrogen and oxygen atoms in total. The summed E-state index contributed by atoms with van der Waals surface area (Å²) in [5.41, 5.74) is 1.37. The lowest BCUT2D eigenvalue weighted by molar-refractivity contribution is 0.140. The Morgan fingerprint density at radius 3 is 2.45 bits per heavy atom. The minimum Gasteiger partial charge on any atom is -0.497 e. The SMILES string of the molecule is CCNC(CCCOCC)CCc1ccc(OC)cc1. The summed E-state index contributed by atoms with van der Waals surface area (Å²) in [7, 11) is 1.70. The second-order valence-electron chi connectivity index (χ2n) is 4.98. The molecule has 114 valence electrons. The summed E-state index contributed by atoms with van der Waals surface area (Å²) >= 11 is 0. The molecule has 0 aliphatic carbocycles. The van der Waals surface area contributed by atoms with Gasteiger partial charge in [0.25, 0.3) is 0 Å². The van der Waals surface area contributed by atoms with Gasteiger partial charge in [0.2, 0.25) is 0 Å². The zero-order valence-corrected chi connectivity index (χ0v) is 13.2. The second-order valence-corrected chi connectivity index (χ2v) is 4.98. The molecular weight excluding hydrogens is 250 g/mol. The predicted octanol–water partition coefficient (Wildman–Crippen LogP) is 3.42. The highest BCUT2D eigenvalue weighted by atomic mass is 16.5. The molecule has 1 atom stereocenters. The fourth-order valence-corrected chi connectivity index (χ4v) is 2.35. The zero-order chi connectivity index (χ0) is 14.6. The Bertz CT molecular complexity index is 337. The average Bonchev–Trinajstić information content (AvgIpc) is 2.49. The number of methoxy groups -OCH3 is 1. The van der Waals surface area contributed by atoms with Crippen LogP contribution in [-0.2, 0) is 11.2 Å². The van der Waals surface area contributed by atoms with Crippen LogP contribution in [0.15, 0.2) is 24.3 Å². The van der Waals surface area contributed by atoms with Crippen molar-refractivity contribution >= 4 is 0 Å². The summed E-state index contributed by atoms with van der Waals surface area (Å²) in [4.78, 5) is 0. The van der Waals surface area contributed by atoms with Crippen LogP contribution in [0.1, 0.15) is 38.7 Å². The monoisotopic (exact) mass is 279 g/mol. The normalized spacial score (nSPS) is 12.3. The third-order valence-electron chi connectivity index (χ3n) is 3.48. The number of rotatable bonds is 11. The molecule has 1 rings (SSSR count). The first-order chi connectivity index (χ1) is 9.80. The topological polar surface area (TPSA) is 30.5 Å². The Morgan fingerprint density at radius 1 is 1.10 bits per heavy atom. The van der Waals surface area contributed by atoms with Gasteiger partial charge < -0.3 is 14.8 Å². The molecule has 20 heavy (non-hydrogen) atoms. The van der Waals surface area contributed by atoms with Crippen LogP contribution in [0.5, 0.6) is 5.75 Å². The maximum Gasteiger partial charge on any atom is 0.118 e. The lowest BCUT2D eigenvalue weighted by atomic mass is 10.0. The molecule has 0 aromatic heterocycles. The Kier molecular flexibility index (Phi) is 9.09. The van der Waals surface area contributed by atoms with Crippen LogP contribution in [0, 0.1) is 0 Å². The van der Waals surface area contributed by atoms with E-state index in [-0.39, 0.29) is 0 Å². The molecule has 0 aliphatic rings. The smallest absolute Gasteiger partial charge is 0.118 e. The van der Waals surface area contributed by atoms with Gasteiger partial charge in [-0.15, -0.1) is 0 Å². The van der Waals surface area contributed by atoms with Crippen LogP contribution in [-0.4, -0.2) is 32.9 Å². The van der Waals surface area contributed by atoms with Crippen molar-refractivity contribution in [3.63, 3.8) is 0 Å². The third kappa shape index (κ3) is 6.92. The van der Waals surface area contributed by atoms with E-state index in [1.54, 1.807) is 7.11 Å². The van der Waals surface area contributed by atoms with Gasteiger partial charge in [-0.2, -0.15) is 0 Å². The van der Waals surface area contributed by atoms with Crippen molar-refractivity contribution in [1.29, 1.82) is 0 Å². The van der Waals surface area contributed by atoms with Crippen molar-refractivity contribution in [2.75, 3.05) is 26.9 Å². The highest BCUT2D eigenvalue weighted by Gasteiger charge is 2.07.